The van der Waals surface area contributed by atoms with Gasteiger partial charge in [-0.3, -0.25) is 4.90 Å². The Morgan fingerprint density at radius 3 is 2.77 bits per heavy atom. The van der Waals surface area contributed by atoms with Crippen LogP contribution in [-0.4, -0.2) is 62.1 Å². The van der Waals surface area contributed by atoms with Crippen LogP contribution in [0.25, 0.3) is 10.1 Å². The Labute approximate surface area is 188 Å². The van der Waals surface area contributed by atoms with Crippen LogP contribution in [0.4, 0.5) is 5.69 Å². The van der Waals surface area contributed by atoms with E-state index in [-0.39, 0.29) is 12.4 Å². The van der Waals surface area contributed by atoms with Crippen molar-refractivity contribution >= 4 is 45.4 Å². The summed E-state index contributed by atoms with van der Waals surface area (Å²) < 4.78 is 6.72. The minimum absolute atomic E-state index is 0. The summed E-state index contributed by atoms with van der Waals surface area (Å²) in [4.78, 5) is 11.7. The van der Waals surface area contributed by atoms with Crippen molar-refractivity contribution in [1.29, 1.82) is 0 Å². The molecule has 1 saturated heterocycles. The third kappa shape index (κ3) is 3.87. The van der Waals surface area contributed by atoms with Crippen LogP contribution >= 0.6 is 23.7 Å². The van der Waals surface area contributed by atoms with Gasteiger partial charge in [0.2, 0.25) is 0 Å². The number of ether oxygens (including phenoxy) is 1. The zero-order chi connectivity index (χ0) is 19.8. The fourth-order valence-corrected chi connectivity index (χ4v) is 5.73. The molecule has 3 aromatic rings. The van der Waals surface area contributed by atoms with Crippen LogP contribution in [0.3, 0.4) is 0 Å². The smallest absolute Gasteiger partial charge is 0.138 e. The predicted octanol–water partition coefficient (Wildman–Crippen LogP) is 4.96. The molecule has 0 N–H and O–H groups in total. The molecule has 1 aromatic heterocycles. The first kappa shape index (κ1) is 21.3. The fourth-order valence-electron chi connectivity index (χ4n) is 4.51. The fraction of sp³-hybridized carbons (Fsp3) is 0.375. The molecule has 0 unspecified atom stereocenters. The molecule has 1 fully saturated rings. The Hall–Kier alpha value is -1.92. The first-order valence-electron chi connectivity index (χ1n) is 10.4. The monoisotopic (exact) mass is 441 g/mol. The molecule has 6 heteroatoms. The van der Waals surface area contributed by atoms with Gasteiger partial charge >= 0.3 is 0 Å². The van der Waals surface area contributed by atoms with Crippen LogP contribution in [0, 0.1) is 0 Å². The molecule has 0 aliphatic carbocycles. The number of hydrogen-bond acceptors (Lipinski definition) is 5. The van der Waals surface area contributed by atoms with Gasteiger partial charge in [0.05, 0.1) is 5.69 Å². The van der Waals surface area contributed by atoms with E-state index in [1.165, 1.54) is 26.1 Å². The molecule has 0 radical (unpaired) electrons. The minimum atomic E-state index is 0. The summed E-state index contributed by atoms with van der Waals surface area (Å²) in [7, 11) is 4.02. The van der Waals surface area contributed by atoms with Gasteiger partial charge in [-0.05, 0) is 31.2 Å². The Balaban J connectivity index is 0.00000218. The number of halogens is 1. The van der Waals surface area contributed by atoms with Crippen LogP contribution in [0.15, 0.2) is 53.5 Å². The molecule has 0 spiro atoms. The Kier molecular flexibility index (Phi) is 6.44. The van der Waals surface area contributed by atoms with Crippen LogP contribution < -0.4 is 0 Å². The van der Waals surface area contributed by atoms with Gasteiger partial charge in [-0.2, -0.15) is 0 Å². The second kappa shape index (κ2) is 9.06. The van der Waals surface area contributed by atoms with Crippen molar-refractivity contribution in [1.82, 2.24) is 9.80 Å². The average Bonchev–Trinajstić information content (AvgIpc) is 3.01. The summed E-state index contributed by atoms with van der Waals surface area (Å²) in [5.41, 5.74) is 3.78. The van der Waals surface area contributed by atoms with Crippen molar-refractivity contribution in [2.24, 2.45) is 4.99 Å². The van der Waals surface area contributed by atoms with E-state index < -0.39 is 0 Å². The number of likely N-dealkylation sites (N-methyl/N-ethyl adjacent to an activating group) is 1. The summed E-state index contributed by atoms with van der Waals surface area (Å²) in [5, 5.41) is 1.34. The van der Waals surface area contributed by atoms with E-state index in [2.05, 4.69) is 65.4 Å². The van der Waals surface area contributed by atoms with E-state index >= 15 is 0 Å². The normalized spacial score (nSPS) is 18.9. The van der Waals surface area contributed by atoms with E-state index in [9.17, 15) is 0 Å². The lowest BCUT2D eigenvalue weighted by Crippen LogP contribution is -2.53. The molecule has 3 heterocycles. The largest absolute Gasteiger partial charge is 0.385 e. The van der Waals surface area contributed by atoms with Crippen molar-refractivity contribution in [2.75, 3.05) is 40.4 Å². The molecular weight excluding hydrogens is 414 g/mol. The molecule has 158 valence electrons. The highest BCUT2D eigenvalue weighted by atomic mass is 35.5. The number of thiophene rings is 1. The molecule has 1 atom stereocenters. The molecule has 0 saturated carbocycles. The first-order valence-corrected chi connectivity index (χ1v) is 11.2. The van der Waals surface area contributed by atoms with E-state index in [1.807, 2.05) is 11.3 Å². The number of nitrogens with zero attached hydrogens (tertiary/aromatic N) is 3. The standard InChI is InChI=1S/C24H27N3OS.ClH/c1-26-12-13-27(16-18(26)11-14-28-2)24-23-19-8-4-6-10-21(19)29-22(23)15-17-7-3-5-9-20(17)25-24;/h3-10,18H,11-16H2,1-2H3;1H/t18-;/m0./s1. The topological polar surface area (TPSA) is 28.1 Å². The highest BCUT2D eigenvalue weighted by Gasteiger charge is 2.30. The highest BCUT2D eigenvalue weighted by Crippen LogP contribution is 2.39. The van der Waals surface area contributed by atoms with Crippen molar-refractivity contribution < 1.29 is 4.74 Å². The number of rotatable bonds is 3. The summed E-state index contributed by atoms with van der Waals surface area (Å²) in [6, 6.07) is 17.9. The van der Waals surface area contributed by atoms with Crippen LogP contribution in [0.1, 0.15) is 22.4 Å². The SMILES string of the molecule is COCC[C@H]1CN(C2=Nc3ccccc3Cc3sc4ccccc4c32)CCN1C.Cl. The van der Waals surface area contributed by atoms with Crippen LogP contribution in [-0.2, 0) is 11.2 Å². The second-order valence-corrected chi connectivity index (χ2v) is 9.14. The van der Waals surface area contributed by atoms with Gasteiger partial charge in [-0.25, -0.2) is 4.99 Å². The van der Waals surface area contributed by atoms with E-state index in [4.69, 9.17) is 9.73 Å². The molecular formula is C24H28ClN3OS. The number of piperazine rings is 1. The van der Waals surface area contributed by atoms with Crippen molar-refractivity contribution in [2.45, 2.75) is 18.9 Å². The van der Waals surface area contributed by atoms with Gasteiger partial charge in [-0.15, -0.1) is 23.7 Å². The zero-order valence-electron chi connectivity index (χ0n) is 17.5. The molecule has 0 bridgehead atoms. The second-order valence-electron chi connectivity index (χ2n) is 8.00. The quantitative estimate of drug-likeness (QED) is 0.575. The van der Waals surface area contributed by atoms with Gasteiger partial charge in [-0.1, -0.05) is 36.4 Å². The van der Waals surface area contributed by atoms with Gasteiger partial charge in [0.1, 0.15) is 5.84 Å². The molecule has 30 heavy (non-hydrogen) atoms. The van der Waals surface area contributed by atoms with E-state index in [0.29, 0.717) is 6.04 Å². The van der Waals surface area contributed by atoms with Crippen molar-refractivity contribution in [3.05, 3.63) is 64.5 Å². The number of methoxy groups -OCH3 is 1. The van der Waals surface area contributed by atoms with E-state index in [1.54, 1.807) is 7.11 Å². The molecule has 2 aromatic carbocycles. The van der Waals surface area contributed by atoms with Gasteiger partial charge in [0.25, 0.3) is 0 Å². The Morgan fingerprint density at radius 2 is 1.90 bits per heavy atom. The van der Waals surface area contributed by atoms with Gasteiger partial charge < -0.3 is 9.64 Å². The molecule has 2 aliphatic heterocycles. The third-order valence-corrected chi connectivity index (χ3v) is 7.36. The lowest BCUT2D eigenvalue weighted by atomic mass is 10.0. The number of para-hydroxylation sites is 1. The highest BCUT2D eigenvalue weighted by molar-refractivity contribution is 7.19. The van der Waals surface area contributed by atoms with Crippen LogP contribution in [0.5, 0.6) is 0 Å². The molecule has 2 aliphatic rings. The van der Waals surface area contributed by atoms with Crippen molar-refractivity contribution in [3.8, 4) is 0 Å². The maximum absolute atomic E-state index is 5.37. The lowest BCUT2D eigenvalue weighted by molar-refractivity contribution is 0.100. The Bertz CT molecular complexity index is 1060. The van der Waals surface area contributed by atoms with Gasteiger partial charge in [0, 0.05) is 66.3 Å². The Morgan fingerprint density at radius 1 is 1.10 bits per heavy atom. The summed E-state index contributed by atoms with van der Waals surface area (Å²) in [5.74, 6) is 1.15. The summed E-state index contributed by atoms with van der Waals surface area (Å²) in [6.07, 6.45) is 2.00. The van der Waals surface area contributed by atoms with E-state index in [0.717, 1.165) is 50.6 Å². The first-order chi connectivity index (χ1) is 14.2. The molecule has 4 nitrogen and oxygen atoms in total. The lowest BCUT2D eigenvalue weighted by Gasteiger charge is -2.41. The molecule has 0 amide bonds. The minimum Gasteiger partial charge on any atom is -0.385 e. The van der Waals surface area contributed by atoms with Crippen molar-refractivity contribution in [3.63, 3.8) is 0 Å². The average molecular weight is 442 g/mol. The number of benzene rings is 2. The third-order valence-electron chi connectivity index (χ3n) is 6.19. The maximum atomic E-state index is 5.37. The number of amidine groups is 1. The van der Waals surface area contributed by atoms with Crippen LogP contribution in [0.2, 0.25) is 0 Å². The number of hydrogen-bond donors (Lipinski definition) is 0. The maximum Gasteiger partial charge on any atom is 0.138 e. The number of fused-ring (bicyclic) bond motifs is 4. The van der Waals surface area contributed by atoms with Gasteiger partial charge in [0.15, 0.2) is 0 Å². The molecule has 5 rings (SSSR count). The summed E-state index contributed by atoms with van der Waals surface area (Å²) in [6.45, 7) is 3.84. The number of aliphatic imine (C=N–C) groups is 1. The summed E-state index contributed by atoms with van der Waals surface area (Å²) >= 11 is 1.92. The zero-order valence-corrected chi connectivity index (χ0v) is 19.1. The predicted molar refractivity (Wildman–Crippen MR) is 129 cm³/mol.